The Hall–Kier alpha value is -1.76. The van der Waals surface area contributed by atoms with Crippen molar-refractivity contribution >= 4 is 11.9 Å². The van der Waals surface area contributed by atoms with Crippen molar-refractivity contribution in [2.45, 2.75) is 261 Å². The smallest absolute Gasteiger partial charge is 0.306 e. The van der Waals surface area contributed by atoms with Crippen LogP contribution in [0.1, 0.15) is 194 Å². The molecule has 2 aliphatic heterocycles. The fourth-order valence-electron chi connectivity index (χ4n) is 8.04. The van der Waals surface area contributed by atoms with Crippen molar-refractivity contribution in [2.24, 2.45) is 0 Å². The van der Waals surface area contributed by atoms with E-state index in [9.17, 15) is 45.3 Å². The maximum atomic E-state index is 13.0. The van der Waals surface area contributed by atoms with E-state index < -0.39 is 92.7 Å². The fourth-order valence-corrected chi connectivity index (χ4v) is 8.04. The molecule has 0 bridgehead atoms. The minimum Gasteiger partial charge on any atom is -0.462 e. The zero-order valence-corrected chi connectivity index (χ0v) is 39.5. The Morgan fingerprint density at radius 3 is 1.39 bits per heavy atom. The van der Waals surface area contributed by atoms with Crippen molar-refractivity contribution in [3.63, 3.8) is 0 Å². The first-order chi connectivity index (χ1) is 31.0. The van der Waals surface area contributed by atoms with E-state index in [4.69, 9.17) is 28.4 Å². The number of carbonyl (C=O) groups excluding carboxylic acids is 2. The molecule has 15 heteroatoms. The Bertz CT molecular complexity index is 1170. The van der Waals surface area contributed by atoms with Crippen LogP contribution in [0.5, 0.6) is 0 Å². The normalized spacial score (nSPS) is 26.6. The number of allylic oxidation sites excluding steroid dienone is 2. The van der Waals surface area contributed by atoms with Crippen LogP contribution in [-0.2, 0) is 38.0 Å². The zero-order chi connectivity index (χ0) is 46.8. The number of esters is 2. The van der Waals surface area contributed by atoms with Gasteiger partial charge in [0.1, 0.15) is 55.4 Å². The lowest BCUT2D eigenvalue weighted by Gasteiger charge is -2.42. The van der Waals surface area contributed by atoms with Crippen LogP contribution in [-0.4, -0.2) is 142 Å². The van der Waals surface area contributed by atoms with E-state index in [1.165, 1.54) is 96.3 Å². The number of rotatable bonds is 39. The van der Waals surface area contributed by atoms with Gasteiger partial charge in [0.15, 0.2) is 18.7 Å². The molecule has 0 aliphatic carbocycles. The Kier molecular flexibility index (Phi) is 34.0. The van der Waals surface area contributed by atoms with Gasteiger partial charge < -0.3 is 64.2 Å². The summed E-state index contributed by atoms with van der Waals surface area (Å²) in [6.45, 7) is 2.58. The number of carbonyl (C=O) groups is 2. The van der Waals surface area contributed by atoms with Crippen LogP contribution in [0.2, 0.25) is 0 Å². The molecule has 376 valence electrons. The molecule has 0 aromatic carbocycles. The second-order valence-corrected chi connectivity index (χ2v) is 18.0. The number of aliphatic hydroxyl groups excluding tert-OH is 7. The van der Waals surface area contributed by atoms with Crippen molar-refractivity contribution in [1.82, 2.24) is 0 Å². The highest BCUT2D eigenvalue weighted by atomic mass is 16.7. The fraction of sp³-hybridized carbons (Fsp3) is 0.918. The van der Waals surface area contributed by atoms with Crippen LogP contribution < -0.4 is 0 Å². The number of ether oxygens (including phenoxy) is 6. The van der Waals surface area contributed by atoms with E-state index in [0.717, 1.165) is 57.8 Å². The molecule has 0 amide bonds. The van der Waals surface area contributed by atoms with Crippen LogP contribution in [0.15, 0.2) is 12.2 Å². The third-order valence-corrected chi connectivity index (χ3v) is 12.2. The maximum absolute atomic E-state index is 13.0. The van der Waals surface area contributed by atoms with Crippen LogP contribution in [0.25, 0.3) is 0 Å². The topological polar surface area (TPSA) is 231 Å². The van der Waals surface area contributed by atoms with Gasteiger partial charge in [0.2, 0.25) is 0 Å². The molecule has 2 aliphatic rings. The number of aliphatic hydroxyl groups is 7. The first-order valence-electron chi connectivity index (χ1n) is 25.3. The number of hydrogen-bond donors (Lipinski definition) is 7. The van der Waals surface area contributed by atoms with Crippen molar-refractivity contribution in [2.75, 3.05) is 26.4 Å². The number of hydrogen-bond acceptors (Lipinski definition) is 15. The highest BCUT2D eigenvalue weighted by molar-refractivity contribution is 5.70. The predicted octanol–water partition coefficient (Wildman–Crippen LogP) is 6.60. The van der Waals surface area contributed by atoms with Crippen molar-refractivity contribution in [3.8, 4) is 0 Å². The third kappa shape index (κ3) is 25.4. The molecule has 0 aromatic rings. The van der Waals surface area contributed by atoms with Gasteiger partial charge in [0.25, 0.3) is 0 Å². The molecule has 7 N–H and O–H groups in total. The molecule has 0 radical (unpaired) electrons. The summed E-state index contributed by atoms with van der Waals surface area (Å²) >= 11 is 0. The van der Waals surface area contributed by atoms with Crippen LogP contribution in [0.3, 0.4) is 0 Å². The minimum absolute atomic E-state index is 0.159. The largest absolute Gasteiger partial charge is 0.462 e. The molecule has 0 saturated carbocycles. The zero-order valence-electron chi connectivity index (χ0n) is 39.5. The van der Waals surface area contributed by atoms with Crippen molar-refractivity contribution in [3.05, 3.63) is 12.2 Å². The van der Waals surface area contributed by atoms with Crippen LogP contribution in [0, 0.1) is 0 Å². The van der Waals surface area contributed by atoms with Gasteiger partial charge in [0, 0.05) is 12.8 Å². The lowest BCUT2D eigenvalue weighted by molar-refractivity contribution is -0.332. The molecule has 0 aromatic heterocycles. The highest BCUT2D eigenvalue weighted by Gasteiger charge is 2.47. The van der Waals surface area contributed by atoms with E-state index >= 15 is 0 Å². The summed E-state index contributed by atoms with van der Waals surface area (Å²) in [4.78, 5) is 25.7. The minimum atomic E-state index is -1.76. The van der Waals surface area contributed by atoms with E-state index in [1.807, 2.05) is 0 Å². The Morgan fingerprint density at radius 1 is 0.484 bits per heavy atom. The Labute approximate surface area is 384 Å². The van der Waals surface area contributed by atoms with Gasteiger partial charge in [-0.25, -0.2) is 0 Å². The average molecular weight is 919 g/mol. The summed E-state index contributed by atoms with van der Waals surface area (Å²) in [5.41, 5.74) is 0. The summed E-state index contributed by atoms with van der Waals surface area (Å²) in [5.74, 6) is -0.926. The summed E-state index contributed by atoms with van der Waals surface area (Å²) in [7, 11) is 0. The van der Waals surface area contributed by atoms with E-state index in [0.29, 0.717) is 12.8 Å². The maximum Gasteiger partial charge on any atom is 0.306 e. The Balaban J connectivity index is 1.82. The third-order valence-electron chi connectivity index (χ3n) is 12.2. The first-order valence-corrected chi connectivity index (χ1v) is 25.3. The average Bonchev–Trinajstić information content (AvgIpc) is 3.29. The van der Waals surface area contributed by atoms with Gasteiger partial charge in [-0.3, -0.25) is 9.59 Å². The first kappa shape index (κ1) is 58.4. The molecule has 2 rings (SSSR count). The molecule has 11 atom stereocenters. The second-order valence-electron chi connectivity index (χ2n) is 18.0. The Morgan fingerprint density at radius 2 is 0.891 bits per heavy atom. The molecular formula is C49H90O15. The van der Waals surface area contributed by atoms with Gasteiger partial charge in [0.05, 0.1) is 19.8 Å². The van der Waals surface area contributed by atoms with E-state index in [2.05, 4.69) is 26.0 Å². The lowest BCUT2D eigenvalue weighted by atomic mass is 9.98. The molecule has 64 heavy (non-hydrogen) atoms. The molecule has 2 fully saturated rings. The summed E-state index contributed by atoms with van der Waals surface area (Å²) in [6, 6.07) is 0. The lowest BCUT2D eigenvalue weighted by Crippen LogP contribution is -2.61. The van der Waals surface area contributed by atoms with E-state index in [1.54, 1.807) is 0 Å². The van der Waals surface area contributed by atoms with Gasteiger partial charge in [-0.1, -0.05) is 154 Å². The van der Waals surface area contributed by atoms with Crippen LogP contribution in [0.4, 0.5) is 0 Å². The van der Waals surface area contributed by atoms with Gasteiger partial charge in [-0.15, -0.1) is 0 Å². The second kappa shape index (κ2) is 37.2. The van der Waals surface area contributed by atoms with Crippen molar-refractivity contribution in [1.29, 1.82) is 0 Å². The highest BCUT2D eigenvalue weighted by Crippen LogP contribution is 2.26. The number of unbranched alkanes of at least 4 members (excludes halogenated alkanes) is 23. The van der Waals surface area contributed by atoms with Gasteiger partial charge in [-0.05, 0) is 38.5 Å². The quantitative estimate of drug-likeness (QED) is 0.0196. The van der Waals surface area contributed by atoms with Gasteiger partial charge in [-0.2, -0.15) is 0 Å². The summed E-state index contributed by atoms with van der Waals surface area (Å²) in [6.07, 6.45) is 18.1. The predicted molar refractivity (Wildman–Crippen MR) is 243 cm³/mol. The molecule has 0 spiro atoms. The molecule has 2 saturated heterocycles. The van der Waals surface area contributed by atoms with Gasteiger partial charge >= 0.3 is 11.9 Å². The monoisotopic (exact) mass is 919 g/mol. The summed E-state index contributed by atoms with van der Waals surface area (Å²) in [5, 5.41) is 72.0. The standard InChI is InChI=1S/C49H90O15/c1-3-5-7-9-11-13-15-17-18-20-21-23-25-27-29-31-40(51)59-34-37(62-41(52)32-30-28-26-24-22-19-16-14-12-10-8-6-4-2)35-60-48-47(58)45(56)43(54)39(64-48)36-61-49-46(57)44(55)42(53)38(33-50)63-49/h14,16,37-39,42-50,53-58H,3-13,15,17-36H2,1-2H3/b16-14+/t37-,38-,39-,42+,43+,44?,45?,46?,47?,48-,49-/m1/s1. The van der Waals surface area contributed by atoms with E-state index in [-0.39, 0.29) is 26.1 Å². The molecule has 2 heterocycles. The molecule has 15 nitrogen and oxygen atoms in total. The SMILES string of the molecule is CCCCCC/C=C/CCCCCCCC(=O)O[C@H](COC(=O)CCCCCCCCCCCCCCCCC)CO[C@@H]1O[C@H](CO[C@@H]2O[C@H](CO)[C@H](O)C(O)C2O)[C@H](O)C(O)C1O. The van der Waals surface area contributed by atoms with Crippen LogP contribution >= 0.6 is 0 Å². The molecular weight excluding hydrogens is 829 g/mol. The van der Waals surface area contributed by atoms with Crippen molar-refractivity contribution < 1.29 is 73.8 Å². The molecule has 4 unspecified atom stereocenters. The summed E-state index contributed by atoms with van der Waals surface area (Å²) < 4.78 is 33.5.